The predicted octanol–water partition coefficient (Wildman–Crippen LogP) is 1.37. The van der Waals surface area contributed by atoms with Crippen LogP contribution in [-0.4, -0.2) is 35.0 Å². The number of hydrogen-bond acceptors (Lipinski definition) is 3. The summed E-state index contributed by atoms with van der Waals surface area (Å²) in [4.78, 5) is 22.9. The smallest absolute Gasteiger partial charge is 0.317 e. The lowest BCUT2D eigenvalue weighted by Gasteiger charge is -2.19. The van der Waals surface area contributed by atoms with Gasteiger partial charge in [-0.1, -0.05) is 35.3 Å². The maximum atomic E-state index is 10.9. The van der Waals surface area contributed by atoms with E-state index in [9.17, 15) is 9.59 Å². The van der Waals surface area contributed by atoms with Gasteiger partial charge in [0, 0.05) is 6.54 Å². The molecule has 0 aliphatic heterocycles. The number of amides is 1. The van der Waals surface area contributed by atoms with E-state index in [0.717, 1.165) is 0 Å². The molecular weight excluding hydrogens is 279 g/mol. The third kappa shape index (κ3) is 4.52. The van der Waals surface area contributed by atoms with Gasteiger partial charge in [-0.2, -0.15) is 0 Å². The molecule has 98 valence electrons. The molecule has 1 aromatic carbocycles. The van der Waals surface area contributed by atoms with Crippen LogP contribution in [0.3, 0.4) is 0 Å². The number of carbonyl (C=O) groups excluding carboxylic acids is 1. The average Bonchev–Trinajstić information content (AvgIpc) is 2.23. The number of nitrogens with two attached hydrogens (primary N) is 1. The molecule has 18 heavy (non-hydrogen) atoms. The molecule has 1 amide bonds. The Kier molecular flexibility index (Phi) is 5.40. The van der Waals surface area contributed by atoms with Gasteiger partial charge < -0.3 is 10.8 Å². The first-order valence-corrected chi connectivity index (χ1v) is 5.81. The Balaban J connectivity index is 2.84. The van der Waals surface area contributed by atoms with Gasteiger partial charge >= 0.3 is 5.97 Å². The fourth-order valence-corrected chi connectivity index (χ4v) is 1.87. The van der Waals surface area contributed by atoms with Crippen LogP contribution in [0.25, 0.3) is 0 Å². The normalized spacial score (nSPS) is 10.6. The lowest BCUT2D eigenvalue weighted by atomic mass is 10.2. The van der Waals surface area contributed by atoms with Crippen molar-refractivity contribution in [3.63, 3.8) is 0 Å². The van der Waals surface area contributed by atoms with E-state index < -0.39 is 11.9 Å². The molecular formula is C11H12Cl2N2O3. The molecule has 1 aromatic rings. The highest BCUT2D eigenvalue weighted by Gasteiger charge is 2.15. The lowest BCUT2D eigenvalue weighted by molar-refractivity contribution is -0.138. The monoisotopic (exact) mass is 290 g/mol. The van der Waals surface area contributed by atoms with E-state index in [4.69, 9.17) is 34.0 Å². The Labute approximate surface area is 114 Å². The summed E-state index contributed by atoms with van der Waals surface area (Å²) in [6.45, 7) is -0.268. The number of nitrogens with zero attached hydrogens (tertiary/aromatic N) is 1. The molecule has 0 heterocycles. The minimum Gasteiger partial charge on any atom is -0.480 e. The van der Waals surface area contributed by atoms with E-state index >= 15 is 0 Å². The molecule has 0 atom stereocenters. The van der Waals surface area contributed by atoms with Crippen molar-refractivity contribution in [3.05, 3.63) is 33.8 Å². The topological polar surface area (TPSA) is 83.6 Å². The first kappa shape index (κ1) is 14.8. The molecule has 0 radical (unpaired) electrons. The largest absolute Gasteiger partial charge is 0.480 e. The summed E-state index contributed by atoms with van der Waals surface area (Å²) >= 11 is 11.8. The van der Waals surface area contributed by atoms with Gasteiger partial charge in [0.1, 0.15) is 0 Å². The Hall–Kier alpha value is -1.30. The van der Waals surface area contributed by atoms with Crippen molar-refractivity contribution in [1.29, 1.82) is 0 Å². The van der Waals surface area contributed by atoms with Gasteiger partial charge in [-0.3, -0.25) is 14.5 Å². The standard InChI is InChI=1S/C11H12Cl2N2O3/c12-8-3-1-2-7(11(8)13)4-15(5-9(14)16)6-10(17)18/h1-3H,4-6H2,(H2,14,16)(H,17,18). The molecule has 0 unspecified atom stereocenters. The summed E-state index contributed by atoms with van der Waals surface area (Å²) in [7, 11) is 0. The Bertz CT molecular complexity index is 450. The van der Waals surface area contributed by atoms with Gasteiger partial charge in [-0.05, 0) is 11.6 Å². The second kappa shape index (κ2) is 6.58. The molecule has 3 N–H and O–H groups in total. The number of carboxylic acid groups (broad SMARTS) is 1. The number of rotatable bonds is 6. The lowest BCUT2D eigenvalue weighted by Crippen LogP contribution is -2.36. The third-order valence-corrected chi connectivity index (χ3v) is 3.02. The molecule has 0 fully saturated rings. The zero-order valence-electron chi connectivity index (χ0n) is 9.40. The molecule has 0 saturated heterocycles. The molecule has 0 saturated carbocycles. The number of hydrogen-bond donors (Lipinski definition) is 2. The van der Waals surface area contributed by atoms with Crippen molar-refractivity contribution >= 4 is 35.1 Å². The second-order valence-electron chi connectivity index (χ2n) is 3.72. The summed E-state index contributed by atoms with van der Waals surface area (Å²) in [5.74, 6) is -1.65. The van der Waals surface area contributed by atoms with E-state index in [1.54, 1.807) is 18.2 Å². The average molecular weight is 291 g/mol. The molecule has 0 aromatic heterocycles. The van der Waals surface area contributed by atoms with Crippen LogP contribution >= 0.6 is 23.2 Å². The highest BCUT2D eigenvalue weighted by atomic mass is 35.5. The van der Waals surface area contributed by atoms with Gasteiger partial charge in [-0.25, -0.2) is 0 Å². The van der Waals surface area contributed by atoms with Crippen molar-refractivity contribution in [2.24, 2.45) is 5.73 Å². The van der Waals surface area contributed by atoms with E-state index in [-0.39, 0.29) is 19.6 Å². The highest BCUT2D eigenvalue weighted by molar-refractivity contribution is 6.42. The molecule has 0 bridgehead atoms. The first-order chi connectivity index (χ1) is 8.40. The summed E-state index contributed by atoms with van der Waals surface area (Å²) in [5, 5.41) is 9.47. The van der Waals surface area contributed by atoms with Crippen molar-refractivity contribution in [2.45, 2.75) is 6.54 Å². The zero-order valence-corrected chi connectivity index (χ0v) is 10.9. The van der Waals surface area contributed by atoms with Gasteiger partial charge in [0.25, 0.3) is 0 Å². The highest BCUT2D eigenvalue weighted by Crippen LogP contribution is 2.26. The van der Waals surface area contributed by atoms with E-state index in [1.807, 2.05) is 0 Å². The number of primary amides is 1. The number of carboxylic acids is 1. The minimum absolute atomic E-state index is 0.158. The van der Waals surface area contributed by atoms with Crippen molar-refractivity contribution in [2.75, 3.05) is 13.1 Å². The quantitative estimate of drug-likeness (QED) is 0.829. The van der Waals surface area contributed by atoms with E-state index in [0.29, 0.717) is 15.6 Å². The van der Waals surface area contributed by atoms with Crippen LogP contribution in [-0.2, 0) is 16.1 Å². The molecule has 1 rings (SSSR count). The fraction of sp³-hybridized carbons (Fsp3) is 0.273. The SMILES string of the molecule is NC(=O)CN(CC(=O)O)Cc1cccc(Cl)c1Cl. The number of halogens is 2. The molecule has 7 heteroatoms. The minimum atomic E-state index is -1.05. The summed E-state index contributed by atoms with van der Waals surface area (Å²) < 4.78 is 0. The number of carbonyl (C=O) groups is 2. The van der Waals surface area contributed by atoms with Gasteiger partial charge in [-0.15, -0.1) is 0 Å². The van der Waals surface area contributed by atoms with E-state index in [1.165, 1.54) is 4.90 Å². The molecule has 0 aliphatic carbocycles. The predicted molar refractivity (Wildman–Crippen MR) is 68.6 cm³/mol. The Morgan fingerprint density at radius 3 is 2.50 bits per heavy atom. The molecule has 0 spiro atoms. The number of aliphatic carboxylic acids is 1. The molecule has 5 nitrogen and oxygen atoms in total. The van der Waals surface area contributed by atoms with E-state index in [2.05, 4.69) is 0 Å². The van der Waals surface area contributed by atoms with Gasteiger partial charge in [0.05, 0.1) is 23.1 Å². The summed E-state index contributed by atoms with van der Waals surface area (Å²) in [6, 6.07) is 5.04. The number of benzene rings is 1. The van der Waals surface area contributed by atoms with Crippen LogP contribution in [0.5, 0.6) is 0 Å². The Morgan fingerprint density at radius 1 is 1.28 bits per heavy atom. The van der Waals surface area contributed by atoms with Gasteiger partial charge in [0.15, 0.2) is 0 Å². The van der Waals surface area contributed by atoms with Crippen LogP contribution in [0.15, 0.2) is 18.2 Å². The maximum Gasteiger partial charge on any atom is 0.317 e. The van der Waals surface area contributed by atoms with Crippen molar-refractivity contribution in [3.8, 4) is 0 Å². The van der Waals surface area contributed by atoms with Crippen LogP contribution in [0, 0.1) is 0 Å². The second-order valence-corrected chi connectivity index (χ2v) is 4.50. The van der Waals surface area contributed by atoms with Crippen molar-refractivity contribution < 1.29 is 14.7 Å². The van der Waals surface area contributed by atoms with Crippen LogP contribution in [0.4, 0.5) is 0 Å². The summed E-state index contributed by atoms with van der Waals surface area (Å²) in [6.07, 6.45) is 0. The van der Waals surface area contributed by atoms with Crippen LogP contribution < -0.4 is 5.73 Å². The Morgan fingerprint density at radius 2 is 1.94 bits per heavy atom. The third-order valence-electron chi connectivity index (χ3n) is 2.16. The maximum absolute atomic E-state index is 10.9. The zero-order chi connectivity index (χ0) is 13.7. The van der Waals surface area contributed by atoms with Crippen LogP contribution in [0.2, 0.25) is 10.0 Å². The first-order valence-electron chi connectivity index (χ1n) is 5.05. The van der Waals surface area contributed by atoms with Crippen molar-refractivity contribution in [1.82, 2.24) is 4.90 Å². The van der Waals surface area contributed by atoms with Gasteiger partial charge in [0.2, 0.25) is 5.91 Å². The van der Waals surface area contributed by atoms with Crippen LogP contribution in [0.1, 0.15) is 5.56 Å². The fourth-order valence-electron chi connectivity index (χ4n) is 1.49. The molecule has 0 aliphatic rings. The summed E-state index contributed by atoms with van der Waals surface area (Å²) in [5.41, 5.74) is 5.70.